The number of aliphatic hydroxyl groups is 1. The Morgan fingerprint density at radius 3 is 2.71 bits per heavy atom. The highest BCUT2D eigenvalue weighted by atomic mass is 16.3. The van der Waals surface area contributed by atoms with Gasteiger partial charge < -0.3 is 5.11 Å². The largest absolute Gasteiger partial charge is 0.390 e. The van der Waals surface area contributed by atoms with Gasteiger partial charge in [0.1, 0.15) is 5.78 Å². The molecule has 0 radical (unpaired) electrons. The van der Waals surface area contributed by atoms with Crippen molar-refractivity contribution in [2.75, 3.05) is 0 Å². The van der Waals surface area contributed by atoms with Gasteiger partial charge in [0.05, 0.1) is 5.60 Å². The van der Waals surface area contributed by atoms with Crippen LogP contribution in [0, 0.1) is 11.8 Å². The van der Waals surface area contributed by atoms with Crippen molar-refractivity contribution in [2.45, 2.75) is 76.7 Å². The zero-order valence-corrected chi connectivity index (χ0v) is 11.1. The topological polar surface area (TPSA) is 37.3 Å². The van der Waals surface area contributed by atoms with Crippen molar-refractivity contribution in [3.8, 4) is 0 Å². The van der Waals surface area contributed by atoms with E-state index in [1.54, 1.807) is 0 Å². The highest BCUT2D eigenvalue weighted by Crippen LogP contribution is 2.40. The van der Waals surface area contributed by atoms with Gasteiger partial charge in [0.25, 0.3) is 0 Å². The molecule has 0 bridgehead atoms. The Hall–Kier alpha value is -0.370. The van der Waals surface area contributed by atoms with Crippen molar-refractivity contribution in [3.63, 3.8) is 0 Å². The summed E-state index contributed by atoms with van der Waals surface area (Å²) < 4.78 is 0. The van der Waals surface area contributed by atoms with E-state index in [2.05, 4.69) is 6.92 Å². The predicted octanol–water partition coefficient (Wildman–Crippen LogP) is 3.47. The lowest BCUT2D eigenvalue weighted by atomic mass is 9.74. The van der Waals surface area contributed by atoms with E-state index in [0.717, 1.165) is 57.3 Å². The number of Topliss-reactive ketones (excluding diaryl/α,β-unsaturated/α-hetero) is 1. The summed E-state index contributed by atoms with van der Waals surface area (Å²) in [7, 11) is 0. The Bertz CT molecular complexity index is 266. The van der Waals surface area contributed by atoms with Gasteiger partial charge in [0.2, 0.25) is 0 Å². The van der Waals surface area contributed by atoms with Crippen LogP contribution in [0.3, 0.4) is 0 Å². The first-order valence-corrected chi connectivity index (χ1v) is 7.38. The molecule has 2 heteroatoms. The van der Waals surface area contributed by atoms with Crippen molar-refractivity contribution >= 4 is 5.78 Å². The van der Waals surface area contributed by atoms with Crippen molar-refractivity contribution in [1.82, 2.24) is 0 Å². The summed E-state index contributed by atoms with van der Waals surface area (Å²) in [6.07, 6.45) is 10.2. The van der Waals surface area contributed by atoms with Gasteiger partial charge in [-0.3, -0.25) is 4.79 Å². The van der Waals surface area contributed by atoms with Crippen LogP contribution in [0.25, 0.3) is 0 Å². The number of hydrogen-bond acceptors (Lipinski definition) is 2. The Morgan fingerprint density at radius 2 is 2.06 bits per heavy atom. The van der Waals surface area contributed by atoms with Crippen LogP contribution in [0.1, 0.15) is 71.1 Å². The van der Waals surface area contributed by atoms with Crippen LogP contribution in [-0.4, -0.2) is 16.5 Å². The summed E-state index contributed by atoms with van der Waals surface area (Å²) in [4.78, 5) is 12.0. The minimum atomic E-state index is -0.506. The van der Waals surface area contributed by atoms with E-state index in [1.165, 1.54) is 12.8 Å². The molecule has 98 valence electrons. The van der Waals surface area contributed by atoms with Gasteiger partial charge in [0, 0.05) is 12.3 Å². The number of hydrogen-bond donors (Lipinski definition) is 1. The van der Waals surface area contributed by atoms with Gasteiger partial charge >= 0.3 is 0 Å². The van der Waals surface area contributed by atoms with E-state index in [1.807, 2.05) is 0 Å². The lowest BCUT2D eigenvalue weighted by Gasteiger charge is -2.33. The summed E-state index contributed by atoms with van der Waals surface area (Å²) in [6, 6.07) is 0. The molecular formula is C15H26O2. The monoisotopic (exact) mass is 238 g/mol. The SMILES string of the molecule is CCCC1CCC(=O)C(CC2(O)CCCC2)C1. The fourth-order valence-electron chi connectivity index (χ4n) is 3.77. The lowest BCUT2D eigenvalue weighted by Crippen LogP contribution is -2.34. The number of carbonyl (C=O) groups is 1. The molecule has 0 aliphatic heterocycles. The Balaban J connectivity index is 1.91. The molecule has 2 unspecified atom stereocenters. The maximum absolute atomic E-state index is 12.0. The van der Waals surface area contributed by atoms with Crippen LogP contribution in [0.15, 0.2) is 0 Å². The molecule has 1 N–H and O–H groups in total. The predicted molar refractivity (Wildman–Crippen MR) is 68.8 cm³/mol. The highest BCUT2D eigenvalue weighted by molar-refractivity contribution is 5.81. The third-order valence-corrected chi connectivity index (χ3v) is 4.73. The first-order chi connectivity index (χ1) is 8.13. The fourth-order valence-corrected chi connectivity index (χ4v) is 3.77. The molecule has 0 saturated heterocycles. The van der Waals surface area contributed by atoms with Gasteiger partial charge in [-0.15, -0.1) is 0 Å². The Kier molecular flexibility index (Phi) is 4.24. The average Bonchev–Trinajstić information content (AvgIpc) is 2.70. The molecule has 2 rings (SSSR count). The van der Waals surface area contributed by atoms with Crippen molar-refractivity contribution in [2.24, 2.45) is 11.8 Å². The smallest absolute Gasteiger partial charge is 0.136 e. The fraction of sp³-hybridized carbons (Fsp3) is 0.933. The zero-order chi connectivity index (χ0) is 12.3. The maximum Gasteiger partial charge on any atom is 0.136 e. The molecule has 2 aliphatic rings. The third kappa shape index (κ3) is 3.31. The van der Waals surface area contributed by atoms with E-state index < -0.39 is 5.60 Å². The van der Waals surface area contributed by atoms with Crippen LogP contribution in [-0.2, 0) is 4.79 Å². The van der Waals surface area contributed by atoms with Gasteiger partial charge in [-0.1, -0.05) is 32.6 Å². The summed E-state index contributed by atoms with van der Waals surface area (Å²) in [5, 5.41) is 10.4. The van der Waals surface area contributed by atoms with E-state index >= 15 is 0 Å². The molecule has 2 atom stereocenters. The quantitative estimate of drug-likeness (QED) is 0.814. The van der Waals surface area contributed by atoms with Gasteiger partial charge in [-0.25, -0.2) is 0 Å². The van der Waals surface area contributed by atoms with Crippen LogP contribution in [0.5, 0.6) is 0 Å². The number of rotatable bonds is 4. The van der Waals surface area contributed by atoms with Gasteiger partial charge in [-0.2, -0.15) is 0 Å². The minimum absolute atomic E-state index is 0.156. The first-order valence-electron chi connectivity index (χ1n) is 7.38. The molecule has 0 amide bonds. The number of carbonyl (C=O) groups excluding carboxylic acids is 1. The molecule has 2 aliphatic carbocycles. The number of ketones is 1. The van der Waals surface area contributed by atoms with Crippen molar-refractivity contribution in [1.29, 1.82) is 0 Å². The average molecular weight is 238 g/mol. The van der Waals surface area contributed by atoms with E-state index in [4.69, 9.17) is 0 Å². The molecule has 0 aromatic heterocycles. The lowest BCUT2D eigenvalue weighted by molar-refractivity contribution is -0.128. The zero-order valence-electron chi connectivity index (χ0n) is 11.1. The molecule has 0 aromatic carbocycles. The molecule has 17 heavy (non-hydrogen) atoms. The van der Waals surface area contributed by atoms with Gasteiger partial charge in [0.15, 0.2) is 0 Å². The minimum Gasteiger partial charge on any atom is -0.390 e. The van der Waals surface area contributed by atoms with Gasteiger partial charge in [-0.05, 0) is 38.0 Å². The Morgan fingerprint density at radius 1 is 1.35 bits per heavy atom. The van der Waals surface area contributed by atoms with Crippen molar-refractivity contribution in [3.05, 3.63) is 0 Å². The molecule has 0 spiro atoms. The second kappa shape index (κ2) is 5.51. The summed E-state index contributed by atoms with van der Waals surface area (Å²) in [5.74, 6) is 1.30. The molecular weight excluding hydrogens is 212 g/mol. The van der Waals surface area contributed by atoms with E-state index in [9.17, 15) is 9.90 Å². The van der Waals surface area contributed by atoms with E-state index in [-0.39, 0.29) is 5.92 Å². The second-order valence-corrected chi connectivity index (χ2v) is 6.23. The standard InChI is InChI=1S/C15H26O2/c1-2-5-12-6-7-14(16)13(10-12)11-15(17)8-3-4-9-15/h12-13,17H,2-11H2,1H3. The molecule has 2 saturated carbocycles. The first kappa shape index (κ1) is 13.1. The molecule has 0 aromatic rings. The summed E-state index contributed by atoms with van der Waals surface area (Å²) >= 11 is 0. The normalized spacial score (nSPS) is 32.9. The second-order valence-electron chi connectivity index (χ2n) is 6.23. The molecule has 2 nitrogen and oxygen atoms in total. The van der Waals surface area contributed by atoms with Crippen LogP contribution >= 0.6 is 0 Å². The summed E-state index contributed by atoms with van der Waals surface area (Å²) in [5.41, 5.74) is -0.506. The third-order valence-electron chi connectivity index (χ3n) is 4.73. The Labute approximate surface area is 105 Å². The molecule has 0 heterocycles. The van der Waals surface area contributed by atoms with E-state index in [0.29, 0.717) is 5.78 Å². The van der Waals surface area contributed by atoms with Crippen LogP contribution in [0.2, 0.25) is 0 Å². The van der Waals surface area contributed by atoms with Crippen LogP contribution < -0.4 is 0 Å². The highest BCUT2D eigenvalue weighted by Gasteiger charge is 2.38. The summed E-state index contributed by atoms with van der Waals surface area (Å²) in [6.45, 7) is 2.22. The van der Waals surface area contributed by atoms with Crippen molar-refractivity contribution < 1.29 is 9.90 Å². The van der Waals surface area contributed by atoms with Crippen LogP contribution in [0.4, 0.5) is 0 Å². The maximum atomic E-state index is 12.0. The molecule has 2 fully saturated rings.